The maximum absolute atomic E-state index is 12.1. The highest BCUT2D eigenvalue weighted by Gasteiger charge is 2.33. The third-order valence-electron chi connectivity index (χ3n) is 3.00. The van der Waals surface area contributed by atoms with Crippen molar-refractivity contribution in [3.63, 3.8) is 0 Å². The highest BCUT2D eigenvalue weighted by molar-refractivity contribution is 6.39. The molecule has 1 aliphatic rings. The average Bonchev–Trinajstić information content (AvgIpc) is 2.82. The SMILES string of the molecule is CNC1COCC1C(=O)Nc1c(Cl)cccc1Cl. The number of likely N-dealkylation sites (N-methyl/N-ethyl adjacent to an activating group) is 1. The summed E-state index contributed by atoms with van der Waals surface area (Å²) in [7, 11) is 1.81. The van der Waals surface area contributed by atoms with Crippen molar-refractivity contribution < 1.29 is 9.53 Å². The summed E-state index contributed by atoms with van der Waals surface area (Å²) >= 11 is 12.0. The highest BCUT2D eigenvalue weighted by atomic mass is 35.5. The molecule has 2 N–H and O–H groups in total. The van der Waals surface area contributed by atoms with E-state index in [1.54, 1.807) is 18.2 Å². The van der Waals surface area contributed by atoms with Crippen molar-refractivity contribution in [3.05, 3.63) is 28.2 Å². The number of rotatable bonds is 3. The Kier molecular flexibility index (Phi) is 4.45. The maximum Gasteiger partial charge on any atom is 0.231 e. The minimum absolute atomic E-state index is 0.0197. The zero-order chi connectivity index (χ0) is 13.1. The fourth-order valence-corrected chi connectivity index (χ4v) is 2.42. The Labute approximate surface area is 116 Å². The van der Waals surface area contributed by atoms with Crippen LogP contribution in [0.2, 0.25) is 10.0 Å². The summed E-state index contributed by atoms with van der Waals surface area (Å²) in [5.74, 6) is -0.371. The lowest BCUT2D eigenvalue weighted by Gasteiger charge is -2.17. The van der Waals surface area contributed by atoms with Crippen LogP contribution in [0.5, 0.6) is 0 Å². The van der Waals surface area contributed by atoms with Gasteiger partial charge in [-0.2, -0.15) is 0 Å². The van der Waals surface area contributed by atoms with Crippen LogP contribution in [0.3, 0.4) is 0 Å². The van der Waals surface area contributed by atoms with Crippen LogP contribution in [0, 0.1) is 5.92 Å². The Hall–Kier alpha value is -0.810. The van der Waals surface area contributed by atoms with E-state index in [1.807, 2.05) is 7.05 Å². The number of para-hydroxylation sites is 1. The number of anilines is 1. The van der Waals surface area contributed by atoms with Gasteiger partial charge in [0.25, 0.3) is 0 Å². The molecule has 1 fully saturated rings. The number of hydrogen-bond acceptors (Lipinski definition) is 3. The standard InChI is InChI=1S/C12H14Cl2N2O2/c1-15-10-6-18-5-7(10)12(17)16-11-8(13)3-2-4-9(11)14/h2-4,7,10,15H,5-6H2,1H3,(H,16,17). The fourth-order valence-electron chi connectivity index (χ4n) is 1.93. The van der Waals surface area contributed by atoms with Gasteiger partial charge in [0.1, 0.15) is 0 Å². The first-order chi connectivity index (χ1) is 8.63. The second-order valence-electron chi connectivity index (χ2n) is 4.13. The molecule has 0 aromatic heterocycles. The molecule has 2 rings (SSSR count). The lowest BCUT2D eigenvalue weighted by Crippen LogP contribution is -2.39. The molecule has 0 saturated carbocycles. The van der Waals surface area contributed by atoms with E-state index in [4.69, 9.17) is 27.9 Å². The average molecular weight is 289 g/mol. The minimum Gasteiger partial charge on any atom is -0.379 e. The molecule has 0 bridgehead atoms. The number of hydrogen-bond donors (Lipinski definition) is 2. The van der Waals surface area contributed by atoms with Gasteiger partial charge in [-0.1, -0.05) is 29.3 Å². The number of benzene rings is 1. The van der Waals surface area contributed by atoms with Gasteiger partial charge in [0.2, 0.25) is 5.91 Å². The van der Waals surface area contributed by atoms with Crippen LogP contribution < -0.4 is 10.6 Å². The summed E-state index contributed by atoms with van der Waals surface area (Å²) in [5, 5.41) is 6.67. The molecule has 2 atom stereocenters. The summed E-state index contributed by atoms with van der Waals surface area (Å²) < 4.78 is 5.29. The quantitative estimate of drug-likeness (QED) is 0.896. The third kappa shape index (κ3) is 2.78. The molecule has 1 aromatic rings. The summed E-state index contributed by atoms with van der Waals surface area (Å²) in [6.45, 7) is 0.935. The van der Waals surface area contributed by atoms with E-state index in [2.05, 4.69) is 10.6 Å². The van der Waals surface area contributed by atoms with Gasteiger partial charge in [-0.3, -0.25) is 4.79 Å². The topological polar surface area (TPSA) is 50.4 Å². The number of amides is 1. The number of halogens is 2. The Balaban J connectivity index is 2.12. The van der Waals surface area contributed by atoms with Gasteiger partial charge in [0, 0.05) is 6.04 Å². The summed E-state index contributed by atoms with van der Waals surface area (Å²) in [4.78, 5) is 12.1. The van der Waals surface area contributed by atoms with Crippen LogP contribution >= 0.6 is 23.2 Å². The summed E-state index contributed by atoms with van der Waals surface area (Å²) in [6.07, 6.45) is 0. The number of carbonyl (C=O) groups excluding carboxylic acids is 1. The lowest BCUT2D eigenvalue weighted by molar-refractivity contribution is -0.120. The van der Waals surface area contributed by atoms with Crippen molar-refractivity contribution in [1.29, 1.82) is 0 Å². The Morgan fingerprint density at radius 3 is 2.61 bits per heavy atom. The van der Waals surface area contributed by atoms with E-state index in [1.165, 1.54) is 0 Å². The smallest absolute Gasteiger partial charge is 0.231 e. The number of nitrogens with one attached hydrogen (secondary N) is 2. The first-order valence-corrected chi connectivity index (χ1v) is 6.39. The van der Waals surface area contributed by atoms with Crippen LogP contribution in [-0.4, -0.2) is 32.2 Å². The van der Waals surface area contributed by atoms with Crippen molar-refractivity contribution in [1.82, 2.24) is 5.32 Å². The van der Waals surface area contributed by atoms with Crippen molar-refractivity contribution in [3.8, 4) is 0 Å². The first kappa shape index (κ1) is 13.6. The fraction of sp³-hybridized carbons (Fsp3) is 0.417. The van der Waals surface area contributed by atoms with Crippen molar-refractivity contribution >= 4 is 34.8 Å². The van der Waals surface area contributed by atoms with E-state index in [0.717, 1.165) is 0 Å². The van der Waals surface area contributed by atoms with Crippen molar-refractivity contribution in [2.45, 2.75) is 6.04 Å². The van der Waals surface area contributed by atoms with Gasteiger partial charge in [0.05, 0.1) is 34.9 Å². The van der Waals surface area contributed by atoms with Crippen LogP contribution in [-0.2, 0) is 9.53 Å². The Morgan fingerprint density at radius 2 is 2.00 bits per heavy atom. The Morgan fingerprint density at radius 1 is 1.33 bits per heavy atom. The molecule has 98 valence electrons. The van der Waals surface area contributed by atoms with E-state index in [0.29, 0.717) is 28.9 Å². The van der Waals surface area contributed by atoms with Crippen LogP contribution in [0.15, 0.2) is 18.2 Å². The second kappa shape index (κ2) is 5.89. The van der Waals surface area contributed by atoms with Gasteiger partial charge in [-0.25, -0.2) is 0 Å². The molecule has 1 heterocycles. The maximum atomic E-state index is 12.1. The van der Waals surface area contributed by atoms with Gasteiger partial charge >= 0.3 is 0 Å². The van der Waals surface area contributed by atoms with E-state index >= 15 is 0 Å². The molecule has 1 aliphatic heterocycles. The third-order valence-corrected chi connectivity index (χ3v) is 3.63. The normalized spacial score (nSPS) is 23.1. The molecular weight excluding hydrogens is 275 g/mol. The lowest BCUT2D eigenvalue weighted by atomic mass is 10.0. The monoisotopic (exact) mass is 288 g/mol. The van der Waals surface area contributed by atoms with Crippen LogP contribution in [0.1, 0.15) is 0 Å². The largest absolute Gasteiger partial charge is 0.379 e. The minimum atomic E-state index is -0.234. The number of carbonyl (C=O) groups is 1. The molecule has 1 aromatic carbocycles. The van der Waals surface area contributed by atoms with Crippen molar-refractivity contribution in [2.24, 2.45) is 5.92 Å². The van der Waals surface area contributed by atoms with E-state index < -0.39 is 0 Å². The van der Waals surface area contributed by atoms with Crippen LogP contribution in [0.4, 0.5) is 5.69 Å². The number of ether oxygens (including phenoxy) is 1. The predicted octanol–water partition coefficient (Wildman–Crippen LogP) is 2.17. The molecule has 18 heavy (non-hydrogen) atoms. The molecule has 6 heteroatoms. The molecule has 0 spiro atoms. The van der Waals surface area contributed by atoms with Crippen LogP contribution in [0.25, 0.3) is 0 Å². The van der Waals surface area contributed by atoms with E-state index in [9.17, 15) is 4.79 Å². The molecule has 0 radical (unpaired) electrons. The predicted molar refractivity (Wildman–Crippen MR) is 72.2 cm³/mol. The second-order valence-corrected chi connectivity index (χ2v) is 4.94. The molecular formula is C12H14Cl2N2O2. The molecule has 1 amide bonds. The summed E-state index contributed by atoms with van der Waals surface area (Å²) in [5.41, 5.74) is 0.451. The van der Waals surface area contributed by atoms with Gasteiger partial charge in [-0.15, -0.1) is 0 Å². The molecule has 1 saturated heterocycles. The van der Waals surface area contributed by atoms with Gasteiger partial charge in [0.15, 0.2) is 0 Å². The summed E-state index contributed by atoms with van der Waals surface area (Å²) in [6, 6.07) is 5.12. The Bertz CT molecular complexity index is 433. The van der Waals surface area contributed by atoms with Crippen molar-refractivity contribution in [2.75, 3.05) is 25.6 Å². The van der Waals surface area contributed by atoms with Gasteiger partial charge in [-0.05, 0) is 19.2 Å². The molecule has 2 unspecified atom stereocenters. The molecule has 0 aliphatic carbocycles. The zero-order valence-electron chi connectivity index (χ0n) is 9.87. The first-order valence-electron chi connectivity index (χ1n) is 5.63. The zero-order valence-corrected chi connectivity index (χ0v) is 11.4. The van der Waals surface area contributed by atoms with E-state index in [-0.39, 0.29) is 17.9 Å². The highest BCUT2D eigenvalue weighted by Crippen LogP contribution is 2.30. The molecule has 4 nitrogen and oxygen atoms in total. The van der Waals surface area contributed by atoms with Gasteiger partial charge < -0.3 is 15.4 Å².